The molecule has 0 atom stereocenters. The van der Waals surface area contributed by atoms with Crippen molar-refractivity contribution < 1.29 is 36.2 Å². The molecule has 1 aromatic heterocycles. The SMILES string of the molecule is O=c1c(C[N+]([O-])(O)O)cn([N+]([O-])(O)O)c(=O)n1[N+]([O-])(O)O. The van der Waals surface area contributed by atoms with E-state index in [9.17, 15) is 25.2 Å². The predicted octanol–water partition coefficient (Wildman–Crippen LogP) is -2.97. The van der Waals surface area contributed by atoms with E-state index in [0.717, 1.165) is 0 Å². The second-order valence-corrected chi connectivity index (χ2v) is 3.75. The lowest BCUT2D eigenvalue weighted by Gasteiger charge is -2.28. The lowest BCUT2D eigenvalue weighted by atomic mass is 10.3. The Balaban J connectivity index is 3.78. The average Bonchev–Trinajstić information content (AvgIpc) is 2.16. The minimum absolute atomic E-state index is 0.00116. The van der Waals surface area contributed by atoms with Crippen LogP contribution in [0.1, 0.15) is 5.56 Å². The molecule has 6 N–H and O–H groups in total. The molecule has 1 rings (SSSR count). The van der Waals surface area contributed by atoms with Crippen LogP contribution in [0.15, 0.2) is 15.8 Å². The molecule has 1 heterocycles. The van der Waals surface area contributed by atoms with E-state index in [1.54, 1.807) is 0 Å². The Kier molecular flexibility index (Phi) is 4.01. The number of quaternary nitrogens is 3. The lowest BCUT2D eigenvalue weighted by molar-refractivity contribution is -1.22. The number of nitrogens with zero attached hydrogens (tertiary/aromatic N) is 5. The summed E-state index contributed by atoms with van der Waals surface area (Å²) in [7, 11) is 0. The summed E-state index contributed by atoms with van der Waals surface area (Å²) in [5.74, 6) is 0. The Labute approximate surface area is 112 Å². The van der Waals surface area contributed by atoms with E-state index < -0.39 is 47.8 Å². The van der Waals surface area contributed by atoms with Crippen molar-refractivity contribution in [2.45, 2.75) is 6.54 Å². The second kappa shape index (κ2) is 4.88. The summed E-state index contributed by atoms with van der Waals surface area (Å²) in [5, 5.41) is 76.8. The highest BCUT2D eigenvalue weighted by atomic mass is 17.1. The van der Waals surface area contributed by atoms with Gasteiger partial charge in [-0.15, -0.1) is 0 Å². The molecule has 120 valence electrons. The third-order valence-electron chi connectivity index (χ3n) is 2.04. The largest absolute Gasteiger partial charge is 0.564 e. The number of hydrogen-bond acceptors (Lipinski definition) is 11. The molecule has 0 amide bonds. The summed E-state index contributed by atoms with van der Waals surface area (Å²) in [5.41, 5.74) is -5.31. The van der Waals surface area contributed by atoms with Crippen LogP contribution in [0.5, 0.6) is 0 Å². The van der Waals surface area contributed by atoms with Gasteiger partial charge >= 0.3 is 11.2 Å². The fourth-order valence-electron chi connectivity index (χ4n) is 1.32. The van der Waals surface area contributed by atoms with Crippen molar-refractivity contribution in [3.8, 4) is 0 Å². The highest BCUT2D eigenvalue weighted by Crippen LogP contribution is 2.03. The number of rotatable bonds is 4. The van der Waals surface area contributed by atoms with E-state index in [2.05, 4.69) is 0 Å². The van der Waals surface area contributed by atoms with Gasteiger partial charge in [-0.1, -0.05) is 9.65 Å². The van der Waals surface area contributed by atoms with Crippen LogP contribution in [-0.2, 0) is 6.54 Å². The van der Waals surface area contributed by atoms with Gasteiger partial charge in [-0.2, -0.15) is 31.2 Å². The quantitative estimate of drug-likeness (QED) is 0.242. The molecule has 16 heteroatoms. The third-order valence-corrected chi connectivity index (χ3v) is 2.04. The minimum Gasteiger partial charge on any atom is -0.564 e. The summed E-state index contributed by atoms with van der Waals surface area (Å²) in [6, 6.07) is 0. The normalized spacial score (nSPS) is 13.6. The van der Waals surface area contributed by atoms with Crippen LogP contribution in [0.3, 0.4) is 0 Å². The van der Waals surface area contributed by atoms with Crippen LogP contribution in [0.25, 0.3) is 0 Å². The van der Waals surface area contributed by atoms with Crippen molar-refractivity contribution in [3.63, 3.8) is 0 Å². The topological polar surface area (TPSA) is 235 Å². The molecule has 1 aromatic rings. The zero-order chi connectivity index (χ0) is 16.8. The van der Waals surface area contributed by atoms with Gasteiger partial charge in [0.25, 0.3) is 0 Å². The molecule has 0 fully saturated rings. The summed E-state index contributed by atoms with van der Waals surface area (Å²) in [4.78, 5) is 19.9. The first kappa shape index (κ1) is 17.3. The Bertz CT molecular complexity index is 641. The Morgan fingerprint density at radius 2 is 1.43 bits per heavy atom. The predicted molar refractivity (Wildman–Crippen MR) is 54.8 cm³/mol. The first-order chi connectivity index (χ1) is 9.14. The fraction of sp³-hybridized carbons (Fsp3) is 0.200. The molecule has 16 nitrogen and oxygen atoms in total. The van der Waals surface area contributed by atoms with Crippen molar-refractivity contribution in [2.75, 3.05) is 0 Å². The molecule has 21 heavy (non-hydrogen) atoms. The maximum atomic E-state index is 11.6. The summed E-state index contributed by atoms with van der Waals surface area (Å²) in [6.07, 6.45) is 0.00116. The molecule has 0 spiro atoms. The van der Waals surface area contributed by atoms with E-state index >= 15 is 0 Å². The fourth-order valence-corrected chi connectivity index (χ4v) is 1.32. The van der Waals surface area contributed by atoms with Crippen molar-refractivity contribution in [3.05, 3.63) is 48.2 Å². The Morgan fingerprint density at radius 1 is 0.952 bits per heavy atom. The Morgan fingerprint density at radius 3 is 1.76 bits per heavy atom. The zero-order valence-electron chi connectivity index (χ0n) is 9.75. The summed E-state index contributed by atoms with van der Waals surface area (Å²) >= 11 is 0. The van der Waals surface area contributed by atoms with Crippen molar-refractivity contribution in [1.29, 1.82) is 0 Å². The monoisotopic (exact) mass is 315 g/mol. The molecule has 0 bridgehead atoms. The maximum Gasteiger partial charge on any atom is 0.433 e. The number of aromatic nitrogens is 2. The zero-order valence-corrected chi connectivity index (χ0v) is 9.75. The van der Waals surface area contributed by atoms with Crippen molar-refractivity contribution in [2.24, 2.45) is 0 Å². The average molecular weight is 315 g/mol. The third kappa shape index (κ3) is 3.85. The van der Waals surface area contributed by atoms with E-state index in [-0.39, 0.29) is 6.20 Å². The van der Waals surface area contributed by atoms with Gasteiger partial charge in [0.1, 0.15) is 5.56 Å². The first-order valence-corrected chi connectivity index (χ1v) is 4.69. The standard InChI is InChI=1S/C5H9N5O11/c11-4-3(2-8(13,14)15)1-6(9(16,17)18)5(12)7(4)10(19,20)21/h1,13-14,16-17,19-20H,2H2. The molecule has 0 aliphatic carbocycles. The van der Waals surface area contributed by atoms with Crippen LogP contribution in [0.2, 0.25) is 0 Å². The van der Waals surface area contributed by atoms with Crippen LogP contribution in [0.4, 0.5) is 0 Å². The van der Waals surface area contributed by atoms with Crippen LogP contribution >= 0.6 is 0 Å². The van der Waals surface area contributed by atoms with Gasteiger partial charge in [0.05, 0.1) is 6.20 Å². The lowest BCUT2D eigenvalue weighted by Crippen LogP contribution is -2.65. The van der Waals surface area contributed by atoms with Crippen molar-refractivity contribution in [1.82, 2.24) is 19.5 Å². The Hall–Kier alpha value is -1.80. The minimum atomic E-state index is -3.73. The van der Waals surface area contributed by atoms with Gasteiger partial charge in [-0.25, -0.2) is 4.79 Å². The van der Waals surface area contributed by atoms with Gasteiger partial charge in [0, 0.05) is 10.2 Å². The van der Waals surface area contributed by atoms with Gasteiger partial charge < -0.3 is 15.6 Å². The first-order valence-electron chi connectivity index (χ1n) is 4.69. The van der Waals surface area contributed by atoms with Crippen LogP contribution in [0, 0.1) is 15.6 Å². The molecule has 0 saturated carbocycles. The van der Waals surface area contributed by atoms with E-state index in [1.807, 2.05) is 0 Å². The molecule has 0 aliphatic rings. The molecule has 0 aliphatic heterocycles. The highest BCUT2D eigenvalue weighted by Gasteiger charge is 2.32. The smallest absolute Gasteiger partial charge is 0.433 e. The molecule has 0 aromatic carbocycles. The van der Waals surface area contributed by atoms with Gasteiger partial charge in [-0.3, -0.25) is 4.79 Å². The van der Waals surface area contributed by atoms with Gasteiger partial charge in [0.2, 0.25) is 0 Å². The molecule has 0 unspecified atom stereocenters. The van der Waals surface area contributed by atoms with Crippen LogP contribution in [-0.4, -0.2) is 45.6 Å². The summed E-state index contributed by atoms with van der Waals surface area (Å²) < 4.78 is -1.76. The van der Waals surface area contributed by atoms with Crippen molar-refractivity contribution >= 4 is 0 Å². The molecular formula is C5H9N5O11. The molecule has 0 saturated heterocycles. The second-order valence-electron chi connectivity index (χ2n) is 3.75. The highest BCUT2D eigenvalue weighted by molar-refractivity contribution is 5.05. The number of hydroxylamine groups is 3. The maximum absolute atomic E-state index is 11.6. The van der Waals surface area contributed by atoms with E-state index in [0.29, 0.717) is 0 Å². The van der Waals surface area contributed by atoms with Crippen LogP contribution < -0.4 is 21.4 Å². The van der Waals surface area contributed by atoms with Gasteiger partial charge in [-0.05, 0) is 4.68 Å². The van der Waals surface area contributed by atoms with E-state index in [1.165, 1.54) is 0 Å². The molecular weight excluding hydrogens is 306 g/mol. The summed E-state index contributed by atoms with van der Waals surface area (Å²) in [6.45, 7) is -1.60. The van der Waals surface area contributed by atoms with E-state index in [4.69, 9.17) is 31.2 Å². The number of hydrogen-bond donors (Lipinski definition) is 6. The van der Waals surface area contributed by atoms with Gasteiger partial charge in [0.15, 0.2) is 6.54 Å². The molecule has 0 radical (unpaired) electrons.